The van der Waals surface area contributed by atoms with Gasteiger partial charge in [-0.2, -0.15) is 8.75 Å². The number of amides is 1. The first-order chi connectivity index (χ1) is 12.7. The van der Waals surface area contributed by atoms with Gasteiger partial charge in [0.05, 0.1) is 29.7 Å². The molecule has 0 saturated carbocycles. The number of anilines is 1. The summed E-state index contributed by atoms with van der Waals surface area (Å²) in [6.07, 6.45) is 0. The Morgan fingerprint density at radius 2 is 1.85 bits per heavy atom. The fourth-order valence-corrected chi connectivity index (χ4v) is 2.83. The van der Waals surface area contributed by atoms with Crippen LogP contribution in [-0.4, -0.2) is 21.3 Å². The first-order valence-corrected chi connectivity index (χ1v) is 8.94. The van der Waals surface area contributed by atoms with Crippen LogP contribution in [0, 0.1) is 6.92 Å². The molecule has 2 aromatic carbocycles. The van der Waals surface area contributed by atoms with Crippen LogP contribution in [0.5, 0.6) is 11.5 Å². The number of hydrogen-bond acceptors (Lipinski definition) is 6. The van der Waals surface area contributed by atoms with Crippen molar-refractivity contribution in [2.45, 2.75) is 20.5 Å². The maximum absolute atomic E-state index is 12.4. The van der Waals surface area contributed by atoms with Crippen molar-refractivity contribution in [3.63, 3.8) is 0 Å². The summed E-state index contributed by atoms with van der Waals surface area (Å²) in [5.74, 6) is 1.11. The van der Waals surface area contributed by atoms with Crippen LogP contribution < -0.4 is 14.8 Å². The molecule has 6 nitrogen and oxygen atoms in total. The van der Waals surface area contributed by atoms with Crippen LogP contribution in [0.3, 0.4) is 0 Å². The zero-order valence-electron chi connectivity index (χ0n) is 14.6. The minimum atomic E-state index is -0.205. The number of nitrogens with one attached hydrogen (secondary N) is 1. The van der Waals surface area contributed by atoms with Crippen LogP contribution in [0.4, 0.5) is 5.69 Å². The molecule has 0 atom stereocenters. The van der Waals surface area contributed by atoms with Gasteiger partial charge in [0.25, 0.3) is 5.91 Å². The van der Waals surface area contributed by atoms with E-state index in [-0.39, 0.29) is 5.91 Å². The van der Waals surface area contributed by atoms with E-state index in [1.807, 2.05) is 38.1 Å². The number of carbonyl (C=O) groups excluding carboxylic acids is 1. The van der Waals surface area contributed by atoms with Gasteiger partial charge in [0.1, 0.15) is 23.8 Å². The van der Waals surface area contributed by atoms with Gasteiger partial charge in [-0.05, 0) is 50.2 Å². The first-order valence-electron chi connectivity index (χ1n) is 8.21. The smallest absolute Gasteiger partial charge is 0.255 e. The molecule has 134 valence electrons. The average Bonchev–Trinajstić information content (AvgIpc) is 3.07. The molecule has 1 aromatic heterocycles. The lowest BCUT2D eigenvalue weighted by molar-refractivity contribution is 0.102. The number of aromatic nitrogens is 2. The standard InChI is InChI=1S/C19H19N3O3S/c1-3-24-18-7-5-4-6-16(18)20-19(23)14-8-10-15(11-9-14)25-12-17-13(2)21-26-22-17/h4-11H,3,12H2,1-2H3,(H,20,23). The van der Waals surface area contributed by atoms with Crippen molar-refractivity contribution >= 4 is 23.3 Å². The molecule has 0 aliphatic rings. The van der Waals surface area contributed by atoms with Gasteiger partial charge in [0.15, 0.2) is 0 Å². The Morgan fingerprint density at radius 1 is 1.08 bits per heavy atom. The van der Waals surface area contributed by atoms with Crippen molar-refractivity contribution in [3.8, 4) is 11.5 Å². The molecular weight excluding hydrogens is 350 g/mol. The van der Waals surface area contributed by atoms with Crippen molar-refractivity contribution in [2.75, 3.05) is 11.9 Å². The lowest BCUT2D eigenvalue weighted by Crippen LogP contribution is -2.12. The van der Waals surface area contributed by atoms with Gasteiger partial charge < -0.3 is 14.8 Å². The number of benzene rings is 2. The number of para-hydroxylation sites is 2. The number of aryl methyl sites for hydroxylation is 1. The molecule has 1 heterocycles. The van der Waals surface area contributed by atoms with E-state index >= 15 is 0 Å². The summed E-state index contributed by atoms with van der Waals surface area (Å²) in [7, 11) is 0. The molecule has 0 unspecified atom stereocenters. The zero-order chi connectivity index (χ0) is 18.4. The molecular formula is C19H19N3O3S. The molecule has 3 rings (SSSR count). The van der Waals surface area contributed by atoms with Crippen LogP contribution in [0.25, 0.3) is 0 Å². The van der Waals surface area contributed by atoms with Crippen LogP contribution in [0.15, 0.2) is 48.5 Å². The third-order valence-corrected chi connectivity index (χ3v) is 4.33. The molecule has 0 bridgehead atoms. The number of ether oxygens (including phenoxy) is 2. The fourth-order valence-electron chi connectivity index (χ4n) is 2.28. The van der Waals surface area contributed by atoms with Gasteiger partial charge in [0, 0.05) is 5.56 Å². The summed E-state index contributed by atoms with van der Waals surface area (Å²) < 4.78 is 19.5. The highest BCUT2D eigenvalue weighted by Gasteiger charge is 2.10. The molecule has 0 spiro atoms. The Morgan fingerprint density at radius 3 is 2.54 bits per heavy atom. The normalized spacial score (nSPS) is 10.4. The molecule has 26 heavy (non-hydrogen) atoms. The molecule has 0 saturated heterocycles. The minimum Gasteiger partial charge on any atom is -0.492 e. The largest absolute Gasteiger partial charge is 0.492 e. The number of rotatable bonds is 7. The minimum absolute atomic E-state index is 0.205. The van der Waals surface area contributed by atoms with Gasteiger partial charge in [0.2, 0.25) is 0 Å². The molecule has 7 heteroatoms. The van der Waals surface area contributed by atoms with Crippen molar-refractivity contribution in [2.24, 2.45) is 0 Å². The molecule has 3 aromatic rings. The van der Waals surface area contributed by atoms with E-state index in [1.54, 1.807) is 24.3 Å². The van der Waals surface area contributed by atoms with Gasteiger partial charge in [-0.3, -0.25) is 4.79 Å². The fraction of sp³-hybridized carbons (Fsp3) is 0.211. The summed E-state index contributed by atoms with van der Waals surface area (Å²) in [5.41, 5.74) is 2.88. The van der Waals surface area contributed by atoms with E-state index < -0.39 is 0 Å². The second-order valence-corrected chi connectivity index (χ2v) is 6.02. The Balaban J connectivity index is 1.63. The highest BCUT2D eigenvalue weighted by molar-refractivity contribution is 6.99. The van der Waals surface area contributed by atoms with Crippen molar-refractivity contribution in [3.05, 3.63) is 65.5 Å². The molecule has 0 fully saturated rings. The molecule has 0 aliphatic carbocycles. The molecule has 1 amide bonds. The van der Waals surface area contributed by atoms with E-state index in [2.05, 4.69) is 14.1 Å². The van der Waals surface area contributed by atoms with Gasteiger partial charge in [-0.15, -0.1) is 0 Å². The number of hydrogen-bond donors (Lipinski definition) is 1. The molecule has 0 radical (unpaired) electrons. The third kappa shape index (κ3) is 4.37. The Bertz CT molecular complexity index is 878. The SMILES string of the molecule is CCOc1ccccc1NC(=O)c1ccc(OCc2nsnc2C)cc1. The summed E-state index contributed by atoms with van der Waals surface area (Å²) in [4.78, 5) is 12.4. The average molecular weight is 369 g/mol. The number of nitrogens with zero attached hydrogens (tertiary/aromatic N) is 2. The predicted molar refractivity (Wildman–Crippen MR) is 101 cm³/mol. The van der Waals surface area contributed by atoms with Gasteiger partial charge in [-0.25, -0.2) is 0 Å². The Hall–Kier alpha value is -2.93. The monoisotopic (exact) mass is 369 g/mol. The van der Waals surface area contributed by atoms with Gasteiger partial charge >= 0.3 is 0 Å². The van der Waals surface area contributed by atoms with Crippen LogP contribution >= 0.6 is 11.7 Å². The second-order valence-electron chi connectivity index (χ2n) is 5.49. The summed E-state index contributed by atoms with van der Waals surface area (Å²) in [6, 6.07) is 14.3. The van der Waals surface area contributed by atoms with Crippen molar-refractivity contribution < 1.29 is 14.3 Å². The first kappa shape index (κ1) is 17.9. The van der Waals surface area contributed by atoms with E-state index in [9.17, 15) is 4.79 Å². The second kappa shape index (κ2) is 8.44. The topological polar surface area (TPSA) is 73.3 Å². The van der Waals surface area contributed by atoms with Crippen LogP contribution in [-0.2, 0) is 6.61 Å². The molecule has 1 N–H and O–H groups in total. The van der Waals surface area contributed by atoms with Crippen LogP contribution in [0.2, 0.25) is 0 Å². The lowest BCUT2D eigenvalue weighted by atomic mass is 10.2. The molecule has 0 aliphatic heterocycles. The Kier molecular flexibility index (Phi) is 5.80. The summed E-state index contributed by atoms with van der Waals surface area (Å²) in [6.45, 7) is 4.69. The number of carbonyl (C=O) groups is 1. The van der Waals surface area contributed by atoms with E-state index in [4.69, 9.17) is 9.47 Å². The maximum Gasteiger partial charge on any atom is 0.255 e. The highest BCUT2D eigenvalue weighted by Crippen LogP contribution is 2.24. The maximum atomic E-state index is 12.4. The highest BCUT2D eigenvalue weighted by atomic mass is 32.1. The van der Waals surface area contributed by atoms with E-state index in [0.29, 0.717) is 36.0 Å². The predicted octanol–water partition coefficient (Wildman–Crippen LogP) is 4.08. The van der Waals surface area contributed by atoms with Crippen molar-refractivity contribution in [1.82, 2.24) is 8.75 Å². The lowest BCUT2D eigenvalue weighted by Gasteiger charge is -2.11. The third-order valence-electron chi connectivity index (χ3n) is 3.67. The van der Waals surface area contributed by atoms with Crippen molar-refractivity contribution in [1.29, 1.82) is 0 Å². The summed E-state index contributed by atoms with van der Waals surface area (Å²) >= 11 is 1.17. The zero-order valence-corrected chi connectivity index (χ0v) is 15.4. The van der Waals surface area contributed by atoms with Crippen LogP contribution in [0.1, 0.15) is 28.7 Å². The Labute approximate surface area is 156 Å². The quantitative estimate of drug-likeness (QED) is 0.679. The van der Waals surface area contributed by atoms with E-state index in [1.165, 1.54) is 11.7 Å². The summed E-state index contributed by atoms with van der Waals surface area (Å²) in [5, 5.41) is 2.87. The van der Waals surface area contributed by atoms with E-state index in [0.717, 1.165) is 11.4 Å². The van der Waals surface area contributed by atoms with Gasteiger partial charge in [-0.1, -0.05) is 12.1 Å².